The van der Waals surface area contributed by atoms with E-state index >= 15 is 0 Å². The van der Waals surface area contributed by atoms with Crippen LogP contribution in [0.2, 0.25) is 0 Å². The van der Waals surface area contributed by atoms with Crippen molar-refractivity contribution >= 4 is 25.3 Å². The summed E-state index contributed by atoms with van der Waals surface area (Å²) in [6, 6.07) is 3.42. The zero-order valence-corrected chi connectivity index (χ0v) is 15.1. The van der Waals surface area contributed by atoms with Crippen molar-refractivity contribution in [3.8, 4) is 10.6 Å². The minimum Gasteiger partial charge on any atom is -0.354 e. The van der Waals surface area contributed by atoms with Crippen LogP contribution < -0.4 is 5.50 Å². The number of aromatic nitrogens is 1. The predicted molar refractivity (Wildman–Crippen MR) is 90.6 cm³/mol. The highest BCUT2D eigenvalue weighted by Crippen LogP contribution is 2.38. The second-order valence-electron chi connectivity index (χ2n) is 5.91. The zero-order chi connectivity index (χ0) is 17.5. The first-order valence-electron chi connectivity index (χ1n) is 7.51. The molecule has 2 aromatic heterocycles. The molecule has 1 fully saturated rings. The zero-order valence-electron chi connectivity index (χ0n) is 13.4. The molecule has 3 rings (SSSR count). The number of amides is 1. The SMILES string of the molecule is Cc1c(-c2ccc(C(=O)N3CCCP(N)C3)s2)noc1C(C)(F)F. The molecule has 0 saturated carbocycles. The smallest absolute Gasteiger partial charge is 0.304 e. The summed E-state index contributed by atoms with van der Waals surface area (Å²) in [5, 5.41) is 3.76. The third-order valence-electron chi connectivity index (χ3n) is 3.89. The van der Waals surface area contributed by atoms with Gasteiger partial charge in [-0.05, 0) is 39.7 Å². The van der Waals surface area contributed by atoms with Gasteiger partial charge in [0, 0.05) is 19.0 Å². The average Bonchev–Trinajstić information content (AvgIpc) is 3.12. The van der Waals surface area contributed by atoms with Crippen molar-refractivity contribution in [2.45, 2.75) is 26.2 Å². The van der Waals surface area contributed by atoms with Gasteiger partial charge in [-0.15, -0.1) is 11.3 Å². The van der Waals surface area contributed by atoms with E-state index < -0.39 is 19.8 Å². The van der Waals surface area contributed by atoms with Crippen LogP contribution >= 0.6 is 19.4 Å². The number of hydrogen-bond donors (Lipinski definition) is 1. The second-order valence-corrected chi connectivity index (χ2v) is 8.90. The Hall–Kier alpha value is -1.37. The van der Waals surface area contributed by atoms with Crippen LogP contribution in [-0.2, 0) is 5.92 Å². The summed E-state index contributed by atoms with van der Waals surface area (Å²) < 4.78 is 31.7. The summed E-state index contributed by atoms with van der Waals surface area (Å²) in [5.74, 6) is -3.59. The van der Waals surface area contributed by atoms with Crippen molar-refractivity contribution in [1.29, 1.82) is 0 Å². The molecule has 130 valence electrons. The Labute approximate surface area is 143 Å². The van der Waals surface area contributed by atoms with Gasteiger partial charge in [-0.3, -0.25) is 4.79 Å². The molecule has 1 unspecified atom stereocenters. The third-order valence-corrected chi connectivity index (χ3v) is 6.56. The molecule has 5 nitrogen and oxygen atoms in total. The van der Waals surface area contributed by atoms with Gasteiger partial charge in [0.05, 0.1) is 16.0 Å². The van der Waals surface area contributed by atoms with E-state index in [0.717, 1.165) is 19.5 Å². The summed E-state index contributed by atoms with van der Waals surface area (Å²) in [6.07, 6.45) is 2.51. The standard InChI is InChI=1S/C15H18F2N3O2PS/c1-9-12(19-22-13(9)15(2,16)17)10-4-5-11(24-10)14(21)20-6-3-7-23(18)8-20/h4-5H,3,6-8,18H2,1-2H3. The van der Waals surface area contributed by atoms with Crippen LogP contribution in [0.4, 0.5) is 8.78 Å². The van der Waals surface area contributed by atoms with Crippen LogP contribution in [0.25, 0.3) is 10.6 Å². The lowest BCUT2D eigenvalue weighted by Crippen LogP contribution is -2.36. The Morgan fingerprint density at radius 1 is 1.50 bits per heavy atom. The van der Waals surface area contributed by atoms with Crippen LogP contribution in [-0.4, -0.2) is 35.0 Å². The molecule has 0 bridgehead atoms. The molecule has 1 aliphatic heterocycles. The highest BCUT2D eigenvalue weighted by molar-refractivity contribution is 7.55. The number of nitrogens with zero attached hydrogens (tertiary/aromatic N) is 2. The molecule has 2 N–H and O–H groups in total. The maximum atomic E-state index is 13.5. The molecule has 0 spiro atoms. The molecule has 2 aromatic rings. The molecule has 3 heterocycles. The first-order chi connectivity index (χ1) is 11.3. The molecule has 0 radical (unpaired) electrons. The molecule has 1 saturated heterocycles. The number of thiophene rings is 1. The topological polar surface area (TPSA) is 72.4 Å². The van der Waals surface area contributed by atoms with Crippen molar-refractivity contribution in [3.63, 3.8) is 0 Å². The van der Waals surface area contributed by atoms with Gasteiger partial charge < -0.3 is 14.9 Å². The molecular formula is C15H18F2N3O2PS. The van der Waals surface area contributed by atoms with Gasteiger partial charge in [0.2, 0.25) is 5.76 Å². The normalized spacial score (nSPS) is 18.9. The number of rotatable bonds is 3. The lowest BCUT2D eigenvalue weighted by atomic mass is 10.1. The van der Waals surface area contributed by atoms with Crippen molar-refractivity contribution in [2.75, 3.05) is 19.0 Å². The van der Waals surface area contributed by atoms with Crippen molar-refractivity contribution in [1.82, 2.24) is 10.1 Å². The fourth-order valence-corrected chi connectivity index (χ4v) is 5.11. The predicted octanol–water partition coefficient (Wildman–Crippen LogP) is 3.98. The lowest BCUT2D eigenvalue weighted by Gasteiger charge is -2.30. The van der Waals surface area contributed by atoms with Crippen LogP contribution in [0.3, 0.4) is 0 Å². The summed E-state index contributed by atoms with van der Waals surface area (Å²) >= 11 is 1.23. The number of alkyl halides is 2. The maximum absolute atomic E-state index is 13.5. The molecule has 0 aliphatic carbocycles. The first kappa shape index (κ1) is 17.5. The van der Waals surface area contributed by atoms with Gasteiger partial charge >= 0.3 is 5.92 Å². The van der Waals surface area contributed by atoms with Crippen molar-refractivity contribution in [3.05, 3.63) is 28.3 Å². The quantitative estimate of drug-likeness (QED) is 0.826. The molecule has 1 amide bonds. The van der Waals surface area contributed by atoms with Gasteiger partial charge in [-0.2, -0.15) is 8.78 Å². The van der Waals surface area contributed by atoms with E-state index in [-0.39, 0.29) is 5.91 Å². The third kappa shape index (κ3) is 3.36. The molecule has 1 aliphatic rings. The summed E-state index contributed by atoms with van der Waals surface area (Å²) in [4.78, 5) is 15.5. The maximum Gasteiger partial charge on any atom is 0.304 e. The van der Waals surface area contributed by atoms with E-state index in [4.69, 9.17) is 10.0 Å². The fourth-order valence-electron chi connectivity index (χ4n) is 2.70. The number of nitrogens with two attached hydrogens (primary N) is 1. The molecule has 0 aromatic carbocycles. The molecule has 1 atom stereocenters. The minimum atomic E-state index is -3.09. The van der Waals surface area contributed by atoms with Crippen molar-refractivity contribution in [2.24, 2.45) is 5.50 Å². The molecular weight excluding hydrogens is 355 g/mol. The Morgan fingerprint density at radius 3 is 2.88 bits per heavy atom. The minimum absolute atomic E-state index is 0.0638. The van der Waals surface area contributed by atoms with E-state index in [1.165, 1.54) is 11.3 Å². The number of carbonyl (C=O) groups is 1. The monoisotopic (exact) mass is 373 g/mol. The number of hydrogen-bond acceptors (Lipinski definition) is 5. The van der Waals surface area contributed by atoms with Gasteiger partial charge in [0.15, 0.2) is 0 Å². The Morgan fingerprint density at radius 2 is 2.25 bits per heavy atom. The molecule has 9 heteroatoms. The van der Waals surface area contributed by atoms with E-state index in [9.17, 15) is 13.6 Å². The number of carbonyl (C=O) groups excluding carboxylic acids is 1. The van der Waals surface area contributed by atoms with Gasteiger partial charge in [-0.25, -0.2) is 0 Å². The Kier molecular flexibility index (Phi) is 4.73. The second kappa shape index (κ2) is 6.50. The van der Waals surface area contributed by atoms with Crippen LogP contribution in [0, 0.1) is 6.92 Å². The summed E-state index contributed by atoms with van der Waals surface area (Å²) in [6.45, 7) is 3.03. The van der Waals surface area contributed by atoms with Gasteiger partial charge in [-0.1, -0.05) is 5.16 Å². The largest absolute Gasteiger partial charge is 0.354 e. The van der Waals surface area contributed by atoms with Crippen LogP contribution in [0.1, 0.15) is 34.3 Å². The van der Waals surface area contributed by atoms with Crippen LogP contribution in [0.15, 0.2) is 16.7 Å². The van der Waals surface area contributed by atoms with Crippen molar-refractivity contribution < 1.29 is 18.1 Å². The van der Waals surface area contributed by atoms with Gasteiger partial charge in [0.1, 0.15) is 5.69 Å². The summed E-state index contributed by atoms with van der Waals surface area (Å²) in [5.41, 5.74) is 6.64. The van der Waals surface area contributed by atoms with E-state index in [1.54, 1.807) is 24.0 Å². The van der Waals surface area contributed by atoms with E-state index in [2.05, 4.69) is 5.16 Å². The summed E-state index contributed by atoms with van der Waals surface area (Å²) in [7, 11) is -0.607. The first-order valence-corrected chi connectivity index (χ1v) is 10.1. The van der Waals surface area contributed by atoms with Gasteiger partial charge in [0.25, 0.3) is 5.91 Å². The Bertz CT molecular complexity index is 756. The van der Waals surface area contributed by atoms with E-state index in [1.807, 2.05) is 0 Å². The molecule has 24 heavy (non-hydrogen) atoms. The fraction of sp³-hybridized carbons (Fsp3) is 0.467. The lowest BCUT2D eigenvalue weighted by molar-refractivity contribution is -0.0112. The highest BCUT2D eigenvalue weighted by Gasteiger charge is 2.34. The van der Waals surface area contributed by atoms with Crippen LogP contribution in [0.5, 0.6) is 0 Å². The Balaban J connectivity index is 1.83. The number of halogens is 2. The van der Waals surface area contributed by atoms with E-state index in [0.29, 0.717) is 33.8 Å². The highest BCUT2D eigenvalue weighted by atomic mass is 32.1. The average molecular weight is 373 g/mol.